The Kier molecular flexibility index (Phi) is 61.3. The van der Waals surface area contributed by atoms with Crippen molar-refractivity contribution in [2.24, 2.45) is 0 Å². The molecule has 0 radical (unpaired) electrons. The van der Waals surface area contributed by atoms with Gasteiger partial charge in [-0.25, -0.2) is 0 Å². The lowest BCUT2D eigenvalue weighted by Gasteiger charge is -2.29. The van der Waals surface area contributed by atoms with Gasteiger partial charge in [-0.15, -0.1) is 0 Å². The molecule has 0 spiro atoms. The molecule has 0 aromatic carbocycles. The van der Waals surface area contributed by atoms with Crippen LogP contribution in [-0.4, -0.2) is 71.7 Å². The second-order valence-electron chi connectivity index (χ2n) is 24.5. The SMILES string of the molecule is CCCCCCCCCCN(CCCCCCCCCC)C(=O)CCCCCCCCC(CCCCCCCCC(=O)N(CCCCCCCCCC)CCCCCCCCCC)N(C=O)CCCCCCCCCC. The van der Waals surface area contributed by atoms with Crippen LogP contribution in [0.25, 0.3) is 0 Å². The number of carbonyl (C=O) groups is 3. The first-order valence-electron chi connectivity index (χ1n) is 35.2. The van der Waals surface area contributed by atoms with Crippen LogP contribution < -0.4 is 0 Å². The van der Waals surface area contributed by atoms with Gasteiger partial charge in [0.1, 0.15) is 0 Å². The van der Waals surface area contributed by atoms with Gasteiger partial charge < -0.3 is 14.7 Å². The average Bonchev–Trinajstić information content (AvgIpc) is 3.42. The van der Waals surface area contributed by atoms with E-state index in [0.717, 1.165) is 90.5 Å². The molecule has 6 heteroatoms. The lowest BCUT2D eigenvalue weighted by atomic mass is 9.98. The molecule has 0 atom stereocenters. The molecule has 0 aliphatic rings. The summed E-state index contributed by atoms with van der Waals surface area (Å²) >= 11 is 0. The van der Waals surface area contributed by atoms with Crippen molar-refractivity contribution in [3.63, 3.8) is 0 Å². The van der Waals surface area contributed by atoms with Crippen LogP contribution in [0.2, 0.25) is 0 Å². The third-order valence-electron chi connectivity index (χ3n) is 17.1. The highest BCUT2D eigenvalue weighted by atomic mass is 16.2. The second kappa shape index (κ2) is 62.6. The number of unbranched alkanes of at least 4 members (excludes halogenated alkanes) is 45. The van der Waals surface area contributed by atoms with Gasteiger partial charge in [0, 0.05) is 51.6 Å². The third kappa shape index (κ3) is 51.8. The van der Waals surface area contributed by atoms with Gasteiger partial charge in [0.2, 0.25) is 18.2 Å². The normalized spacial score (nSPS) is 11.6. The highest BCUT2D eigenvalue weighted by Crippen LogP contribution is 2.21. The van der Waals surface area contributed by atoms with Gasteiger partial charge in [-0.3, -0.25) is 14.4 Å². The Hall–Kier alpha value is -1.59. The van der Waals surface area contributed by atoms with Crippen LogP contribution in [0.3, 0.4) is 0 Å². The molecule has 0 unspecified atom stereocenters. The van der Waals surface area contributed by atoms with Crippen LogP contribution in [0.1, 0.15) is 394 Å². The van der Waals surface area contributed by atoms with Crippen LogP contribution in [0.15, 0.2) is 0 Å². The monoisotopic (exact) mass is 1070 g/mol. The van der Waals surface area contributed by atoms with Crippen molar-refractivity contribution < 1.29 is 14.4 Å². The summed E-state index contributed by atoms with van der Waals surface area (Å²) in [5, 5.41) is 0. The topological polar surface area (TPSA) is 60.9 Å². The number of nitrogens with zero attached hydrogens (tertiary/aromatic N) is 3. The summed E-state index contributed by atoms with van der Waals surface area (Å²) in [5.74, 6) is 0.814. The average molecular weight is 1070 g/mol. The fourth-order valence-corrected chi connectivity index (χ4v) is 11.7. The molecule has 0 aliphatic heterocycles. The molecule has 0 rings (SSSR count). The summed E-state index contributed by atoms with van der Waals surface area (Å²) in [4.78, 5) is 46.3. The van der Waals surface area contributed by atoms with Gasteiger partial charge in [0.25, 0.3) is 0 Å². The van der Waals surface area contributed by atoms with Crippen molar-refractivity contribution >= 4 is 18.2 Å². The van der Waals surface area contributed by atoms with E-state index in [1.54, 1.807) is 0 Å². The summed E-state index contributed by atoms with van der Waals surface area (Å²) < 4.78 is 0. The Balaban J connectivity index is 4.94. The maximum absolute atomic E-state index is 13.5. The first-order chi connectivity index (χ1) is 37.5. The van der Waals surface area contributed by atoms with E-state index in [1.807, 2.05) is 0 Å². The van der Waals surface area contributed by atoms with E-state index in [0.29, 0.717) is 17.9 Å². The standard InChI is InChI=1S/C70H139N3O3/c1-6-11-16-21-26-35-44-53-62-71(63-54-45-36-27-22-17-12-7-2)69(75)60-51-42-33-31-40-49-58-68(73(67-74)66-57-48-39-30-25-20-15-10-5)59-50-41-32-34-43-52-61-70(76)72(64-55-46-37-28-23-18-13-8-3)65-56-47-38-29-24-19-14-9-4/h67-68H,6-66H2,1-5H3. The first-order valence-corrected chi connectivity index (χ1v) is 35.2. The summed E-state index contributed by atoms with van der Waals surface area (Å²) in [7, 11) is 0. The van der Waals surface area contributed by atoms with Crippen molar-refractivity contribution in [1.29, 1.82) is 0 Å². The lowest BCUT2D eigenvalue weighted by molar-refractivity contribution is -0.132. The number of amides is 3. The van der Waals surface area contributed by atoms with E-state index < -0.39 is 0 Å². The molecule has 0 N–H and O–H groups in total. The molecule has 0 saturated heterocycles. The van der Waals surface area contributed by atoms with Crippen LogP contribution in [-0.2, 0) is 14.4 Å². The minimum Gasteiger partial charge on any atom is -0.343 e. The van der Waals surface area contributed by atoms with E-state index in [4.69, 9.17) is 0 Å². The molecule has 0 fully saturated rings. The van der Waals surface area contributed by atoms with E-state index in [9.17, 15) is 14.4 Å². The highest BCUT2D eigenvalue weighted by molar-refractivity contribution is 5.76. The van der Waals surface area contributed by atoms with Crippen LogP contribution >= 0.6 is 0 Å². The Morgan fingerprint density at radius 2 is 0.461 bits per heavy atom. The minimum absolute atomic E-state index is 0.360. The van der Waals surface area contributed by atoms with Gasteiger partial charge in [-0.1, -0.05) is 324 Å². The molecule has 0 saturated carbocycles. The molecule has 0 aromatic rings. The summed E-state index contributed by atoms with van der Waals surface area (Å²) in [6, 6.07) is 0.360. The number of rotatable bonds is 65. The molecule has 76 heavy (non-hydrogen) atoms. The van der Waals surface area contributed by atoms with Crippen molar-refractivity contribution in [1.82, 2.24) is 14.7 Å². The van der Waals surface area contributed by atoms with Crippen LogP contribution in [0, 0.1) is 0 Å². The molecule has 0 bridgehead atoms. The number of carbonyl (C=O) groups excluding carboxylic acids is 3. The Morgan fingerprint density at radius 3 is 0.697 bits per heavy atom. The van der Waals surface area contributed by atoms with E-state index >= 15 is 0 Å². The summed E-state index contributed by atoms with van der Waals surface area (Å²) in [5.41, 5.74) is 0. The molecular weight excluding hydrogens is 931 g/mol. The highest BCUT2D eigenvalue weighted by Gasteiger charge is 2.18. The quantitative estimate of drug-likeness (QED) is 0.0450. The molecule has 0 heterocycles. The predicted octanol–water partition coefficient (Wildman–Crippen LogP) is 22.4. The number of hydrogen-bond donors (Lipinski definition) is 0. The Bertz CT molecular complexity index is 1050. The van der Waals surface area contributed by atoms with E-state index in [1.165, 1.54) is 308 Å². The van der Waals surface area contributed by atoms with Crippen molar-refractivity contribution in [3.05, 3.63) is 0 Å². The van der Waals surface area contributed by atoms with Crippen LogP contribution in [0.5, 0.6) is 0 Å². The Labute approximate surface area is 478 Å². The van der Waals surface area contributed by atoms with E-state index in [-0.39, 0.29) is 0 Å². The van der Waals surface area contributed by atoms with Gasteiger partial charge >= 0.3 is 0 Å². The maximum atomic E-state index is 13.5. The van der Waals surface area contributed by atoms with Gasteiger partial charge in [-0.05, 0) is 57.8 Å². The van der Waals surface area contributed by atoms with Crippen molar-refractivity contribution in [2.45, 2.75) is 400 Å². The predicted molar refractivity (Wildman–Crippen MR) is 337 cm³/mol. The van der Waals surface area contributed by atoms with Crippen molar-refractivity contribution in [3.8, 4) is 0 Å². The summed E-state index contributed by atoms with van der Waals surface area (Å²) in [6.07, 6.45) is 71.5. The second-order valence-corrected chi connectivity index (χ2v) is 24.5. The van der Waals surface area contributed by atoms with Gasteiger partial charge in [0.05, 0.1) is 0 Å². The van der Waals surface area contributed by atoms with Crippen LogP contribution in [0.4, 0.5) is 0 Å². The fraction of sp³-hybridized carbons (Fsp3) is 0.957. The molecule has 452 valence electrons. The fourth-order valence-electron chi connectivity index (χ4n) is 11.7. The zero-order chi connectivity index (χ0) is 55.3. The van der Waals surface area contributed by atoms with Gasteiger partial charge in [-0.2, -0.15) is 0 Å². The number of hydrogen-bond acceptors (Lipinski definition) is 3. The third-order valence-corrected chi connectivity index (χ3v) is 17.1. The summed E-state index contributed by atoms with van der Waals surface area (Å²) in [6.45, 7) is 16.2. The largest absolute Gasteiger partial charge is 0.343 e. The van der Waals surface area contributed by atoms with Gasteiger partial charge in [0.15, 0.2) is 0 Å². The molecule has 3 amide bonds. The zero-order valence-corrected chi connectivity index (χ0v) is 52.9. The molecular formula is C70H139N3O3. The maximum Gasteiger partial charge on any atom is 0.222 e. The first kappa shape index (κ1) is 74.4. The molecule has 0 aromatic heterocycles. The zero-order valence-electron chi connectivity index (χ0n) is 52.9. The van der Waals surface area contributed by atoms with E-state index in [2.05, 4.69) is 49.3 Å². The lowest BCUT2D eigenvalue weighted by Crippen LogP contribution is -2.35. The Morgan fingerprint density at radius 1 is 0.263 bits per heavy atom. The molecule has 0 aliphatic carbocycles. The smallest absolute Gasteiger partial charge is 0.222 e. The van der Waals surface area contributed by atoms with Crippen molar-refractivity contribution in [2.75, 3.05) is 32.7 Å². The molecule has 6 nitrogen and oxygen atoms in total. The minimum atomic E-state index is 0.360.